The minimum atomic E-state index is -3.65. The van der Waals surface area contributed by atoms with Gasteiger partial charge in [0.05, 0.1) is 74.2 Å². The number of hydrogen-bond acceptors (Lipinski definition) is 18. The van der Waals surface area contributed by atoms with E-state index in [1.165, 1.54) is 41.0 Å². The Kier molecular flexibility index (Phi) is 15.0. The topological polar surface area (TPSA) is 244 Å². The molecule has 2 aromatic carbocycles. The van der Waals surface area contributed by atoms with Gasteiger partial charge in [0.15, 0.2) is 42.8 Å². The van der Waals surface area contributed by atoms with Gasteiger partial charge in [-0.15, -0.1) is 20.4 Å². The van der Waals surface area contributed by atoms with Gasteiger partial charge in [-0.2, -0.15) is 0 Å². The lowest BCUT2D eigenvalue weighted by Crippen LogP contribution is -2.24. The van der Waals surface area contributed by atoms with Crippen molar-refractivity contribution in [3.8, 4) is 57.5 Å². The number of para-hydroxylation sites is 2. The normalized spacial score (nSPS) is 12.5. The van der Waals surface area contributed by atoms with Gasteiger partial charge >= 0.3 is 0 Å². The first-order valence-electron chi connectivity index (χ1n) is 21.0. The molecular formula is C46H50N10O10S2. The number of ether oxygens (including phenoxy) is 4. The summed E-state index contributed by atoms with van der Waals surface area (Å²) in [5.41, 5.74) is 3.70. The smallest absolute Gasteiger partial charge is 0.204 e. The number of hydrogen-bond donors (Lipinski definition) is 0. The first-order valence-corrected chi connectivity index (χ1v) is 24.5. The van der Waals surface area contributed by atoms with Crippen LogP contribution in [-0.4, -0.2) is 105 Å². The highest BCUT2D eigenvalue weighted by molar-refractivity contribution is 7.91. The zero-order valence-electron chi connectivity index (χ0n) is 38.6. The number of aromatic nitrogens is 10. The molecule has 6 aromatic heterocycles. The van der Waals surface area contributed by atoms with Crippen molar-refractivity contribution in [3.05, 3.63) is 132 Å². The molecule has 0 aliphatic carbocycles. The Morgan fingerprint density at radius 2 is 0.882 bits per heavy atom. The highest BCUT2D eigenvalue weighted by Gasteiger charge is 2.31. The van der Waals surface area contributed by atoms with Crippen molar-refractivity contribution in [2.45, 2.75) is 62.5 Å². The largest absolute Gasteiger partial charge is 0.494 e. The van der Waals surface area contributed by atoms with E-state index in [9.17, 15) is 16.8 Å². The Bertz CT molecular complexity index is 2900. The van der Waals surface area contributed by atoms with Gasteiger partial charge in [-0.05, 0) is 76.2 Å². The van der Waals surface area contributed by atoms with Gasteiger partial charge in [0.1, 0.15) is 45.9 Å². The van der Waals surface area contributed by atoms with Gasteiger partial charge in [0, 0.05) is 37.6 Å². The molecule has 0 spiro atoms. The van der Waals surface area contributed by atoms with Crippen LogP contribution in [0.15, 0.2) is 107 Å². The van der Waals surface area contributed by atoms with Crippen LogP contribution in [0.25, 0.3) is 34.5 Å². The number of methoxy groups -OCH3 is 4. The van der Waals surface area contributed by atoms with Crippen molar-refractivity contribution in [2.24, 2.45) is 0 Å². The molecule has 0 fully saturated rings. The molecule has 0 amide bonds. The van der Waals surface area contributed by atoms with E-state index < -0.39 is 30.2 Å². The van der Waals surface area contributed by atoms with Gasteiger partial charge in [-0.1, -0.05) is 12.1 Å². The van der Waals surface area contributed by atoms with Crippen LogP contribution in [0.1, 0.15) is 48.3 Å². The molecule has 0 aliphatic heterocycles. The number of sulfone groups is 2. The summed E-state index contributed by atoms with van der Waals surface area (Å²) in [5, 5.41) is 15.5. The Morgan fingerprint density at radius 1 is 0.515 bits per heavy atom. The van der Waals surface area contributed by atoms with Crippen molar-refractivity contribution in [2.75, 3.05) is 28.4 Å². The first-order chi connectivity index (χ1) is 32.7. The second kappa shape index (κ2) is 21.0. The summed E-state index contributed by atoms with van der Waals surface area (Å²) in [4.78, 5) is 17.0. The molecule has 0 saturated carbocycles. The fourth-order valence-electron chi connectivity index (χ4n) is 7.06. The van der Waals surface area contributed by atoms with Crippen LogP contribution in [0.5, 0.6) is 23.0 Å². The minimum absolute atomic E-state index is 0.205. The van der Waals surface area contributed by atoms with Crippen molar-refractivity contribution in [3.63, 3.8) is 0 Å². The van der Waals surface area contributed by atoms with Crippen molar-refractivity contribution < 1.29 is 44.6 Å². The fraction of sp³-hybridized carbons (Fsp3) is 0.304. The standard InChI is InChI=1S/2C23H25N5O5S/c2*1-15-12-25-17(13-24-15)11-16(2)34(29,30)14-21-26-27-23(20-9-6-10-33-20)28(21)22-18(31-3)7-5-8-19(22)32-4/h2*5-10,12-13,16H,11,14H2,1-4H3/t2*16-/m10/s1. The second-order valence-electron chi connectivity index (χ2n) is 15.5. The molecule has 0 aliphatic rings. The number of rotatable bonds is 18. The first kappa shape index (κ1) is 48.5. The summed E-state index contributed by atoms with van der Waals surface area (Å²) in [6, 6.07) is 17.4. The summed E-state index contributed by atoms with van der Waals surface area (Å²) in [6.45, 7) is 6.95. The van der Waals surface area contributed by atoms with Crippen molar-refractivity contribution in [1.29, 1.82) is 0 Å². The van der Waals surface area contributed by atoms with E-state index >= 15 is 0 Å². The van der Waals surface area contributed by atoms with Crippen molar-refractivity contribution >= 4 is 19.7 Å². The molecule has 8 rings (SSSR count). The number of benzene rings is 2. The van der Waals surface area contributed by atoms with E-state index in [0.29, 0.717) is 68.9 Å². The maximum Gasteiger partial charge on any atom is 0.204 e. The van der Waals surface area contributed by atoms with Crippen LogP contribution < -0.4 is 18.9 Å². The summed E-state index contributed by atoms with van der Waals surface area (Å²) >= 11 is 0. The summed E-state index contributed by atoms with van der Waals surface area (Å²) in [6.07, 6.45) is 9.91. The molecule has 0 bridgehead atoms. The average Bonchev–Trinajstić information content (AvgIpc) is 4.19. The molecule has 356 valence electrons. The van der Waals surface area contributed by atoms with Gasteiger partial charge in [0.2, 0.25) is 11.6 Å². The molecular weight excluding hydrogens is 917 g/mol. The quantitative estimate of drug-likeness (QED) is 0.0905. The lowest BCUT2D eigenvalue weighted by Gasteiger charge is -2.18. The SMILES string of the molecule is COc1cccc(OC)c1-n1c(CS(=O)(=O)[C@@H](C)Cc2cnc(C)cn2)nnc1-c1ccco1.COc1cccc(OC)c1-n1c(CS(=O)(=O)[C@H](C)Cc2cnc(C)cn2)nnc1-c1ccco1. The fourth-order valence-corrected chi connectivity index (χ4v) is 9.57. The average molecular weight is 967 g/mol. The molecule has 2 atom stereocenters. The van der Waals surface area contributed by atoms with Crippen LogP contribution in [0.3, 0.4) is 0 Å². The predicted octanol–water partition coefficient (Wildman–Crippen LogP) is 6.38. The summed E-state index contributed by atoms with van der Waals surface area (Å²) in [7, 11) is -1.20. The third-order valence-electron chi connectivity index (χ3n) is 10.7. The molecule has 0 radical (unpaired) electrons. The van der Waals surface area contributed by atoms with Gasteiger partial charge in [-0.3, -0.25) is 29.1 Å². The van der Waals surface area contributed by atoms with E-state index in [1.807, 2.05) is 13.8 Å². The monoisotopic (exact) mass is 966 g/mol. The lowest BCUT2D eigenvalue weighted by atomic mass is 10.2. The molecule has 22 heteroatoms. The van der Waals surface area contributed by atoms with Crippen LogP contribution >= 0.6 is 0 Å². The van der Waals surface area contributed by atoms with Crippen LogP contribution in [-0.2, 0) is 44.0 Å². The van der Waals surface area contributed by atoms with Gasteiger partial charge in [0.25, 0.3) is 0 Å². The molecule has 0 N–H and O–H groups in total. The minimum Gasteiger partial charge on any atom is -0.494 e. The molecule has 68 heavy (non-hydrogen) atoms. The van der Waals surface area contributed by atoms with E-state index in [2.05, 4.69) is 40.3 Å². The Balaban J connectivity index is 0.000000201. The molecule has 0 unspecified atom stereocenters. The van der Waals surface area contributed by atoms with Crippen LogP contribution in [0, 0.1) is 13.8 Å². The van der Waals surface area contributed by atoms with E-state index in [0.717, 1.165) is 11.4 Å². The maximum absolute atomic E-state index is 13.3. The summed E-state index contributed by atoms with van der Waals surface area (Å²) in [5.74, 6) is 3.06. The highest BCUT2D eigenvalue weighted by atomic mass is 32.2. The maximum atomic E-state index is 13.3. The van der Waals surface area contributed by atoms with Gasteiger partial charge < -0.3 is 27.8 Å². The zero-order chi connectivity index (χ0) is 48.6. The summed E-state index contributed by atoms with van der Waals surface area (Å²) < 4.78 is 89.9. The lowest BCUT2D eigenvalue weighted by molar-refractivity contribution is 0.390. The third-order valence-corrected chi connectivity index (χ3v) is 14.8. The van der Waals surface area contributed by atoms with E-state index in [1.54, 1.807) is 108 Å². The van der Waals surface area contributed by atoms with Crippen LogP contribution in [0.4, 0.5) is 0 Å². The second-order valence-corrected chi connectivity index (χ2v) is 20.3. The third kappa shape index (κ3) is 10.7. The Hall–Kier alpha value is -7.46. The highest BCUT2D eigenvalue weighted by Crippen LogP contribution is 2.38. The Morgan fingerprint density at radius 3 is 1.18 bits per heavy atom. The molecule has 0 saturated heterocycles. The van der Waals surface area contributed by atoms with E-state index in [-0.39, 0.29) is 36.0 Å². The predicted molar refractivity (Wildman–Crippen MR) is 249 cm³/mol. The zero-order valence-corrected chi connectivity index (χ0v) is 40.2. The van der Waals surface area contributed by atoms with Crippen molar-refractivity contribution in [1.82, 2.24) is 49.5 Å². The molecule has 20 nitrogen and oxygen atoms in total. The molecule has 8 aromatic rings. The van der Waals surface area contributed by atoms with E-state index in [4.69, 9.17) is 27.8 Å². The molecule has 6 heterocycles. The number of furan rings is 2. The van der Waals surface area contributed by atoms with Gasteiger partial charge in [-0.25, -0.2) is 16.8 Å². The van der Waals surface area contributed by atoms with Crippen LogP contribution in [0.2, 0.25) is 0 Å². The number of nitrogens with zero attached hydrogens (tertiary/aromatic N) is 10. The number of aryl methyl sites for hydroxylation is 2. The Labute approximate surface area is 393 Å².